The summed E-state index contributed by atoms with van der Waals surface area (Å²) >= 11 is 5.47. The highest BCUT2D eigenvalue weighted by molar-refractivity contribution is 7.81. The normalized spacial score (nSPS) is 13.6. The van der Waals surface area contributed by atoms with Crippen LogP contribution in [0.25, 0.3) is 0 Å². The Morgan fingerprint density at radius 2 is 1.74 bits per heavy atom. The third-order valence-electron chi connectivity index (χ3n) is 3.40. The van der Waals surface area contributed by atoms with Gasteiger partial charge in [0.1, 0.15) is 11.6 Å². The fourth-order valence-electron chi connectivity index (χ4n) is 2.31. The van der Waals surface area contributed by atoms with Crippen molar-refractivity contribution >= 4 is 28.6 Å². The largest absolute Gasteiger partial charge is 0.300 e. The Bertz CT molecular complexity index is 465. The van der Waals surface area contributed by atoms with Crippen LogP contribution in [0.4, 0.5) is 0 Å². The summed E-state index contributed by atoms with van der Waals surface area (Å²) in [5, 5.41) is 0. The van der Waals surface area contributed by atoms with Crippen molar-refractivity contribution in [2.45, 2.75) is 33.6 Å². The molecule has 19 heavy (non-hydrogen) atoms. The Hall–Kier alpha value is -1.35. The molecule has 2 nitrogen and oxygen atoms in total. The summed E-state index contributed by atoms with van der Waals surface area (Å²) in [6, 6.07) is 9.48. The van der Waals surface area contributed by atoms with Crippen LogP contribution in [-0.4, -0.2) is 16.4 Å². The summed E-state index contributed by atoms with van der Waals surface area (Å²) in [5.41, 5.74) is 0.865. The highest BCUT2D eigenvalue weighted by Gasteiger charge is 2.32. The molecule has 0 fully saturated rings. The first-order valence-corrected chi connectivity index (χ1v) is 7.06. The van der Waals surface area contributed by atoms with Crippen LogP contribution in [0.5, 0.6) is 0 Å². The number of hydrogen-bond donors (Lipinski definition) is 0. The average molecular weight is 276 g/mol. The molecule has 1 rings (SSSR count). The van der Waals surface area contributed by atoms with Crippen molar-refractivity contribution in [3.8, 4) is 0 Å². The first-order valence-electron chi connectivity index (χ1n) is 6.65. The van der Waals surface area contributed by atoms with E-state index in [1.54, 1.807) is 0 Å². The molecule has 0 spiro atoms. The molecule has 0 N–H and O–H groups in total. The van der Waals surface area contributed by atoms with Crippen LogP contribution in [0.1, 0.15) is 39.2 Å². The summed E-state index contributed by atoms with van der Waals surface area (Å²) in [7, 11) is 0. The van der Waals surface area contributed by atoms with Crippen molar-refractivity contribution in [2.75, 3.05) is 0 Å². The van der Waals surface area contributed by atoms with E-state index in [1.807, 2.05) is 44.2 Å². The topological polar surface area (TPSA) is 34.1 Å². The standard InChI is InChI=1S/C16H20O2S/c1-4-13(11(3)17)15(14(18)5-2)16(19)12-9-7-6-8-10-12/h6-10,13,15H,4-5H2,1-3H3. The SMILES string of the molecule is CCC(=O)C(C(=S)c1ccccc1)C(CC)C(C)=O. The molecule has 1 aromatic carbocycles. The predicted octanol–water partition coefficient (Wildman–Crippen LogP) is 3.62. The van der Waals surface area contributed by atoms with Gasteiger partial charge in [0.25, 0.3) is 0 Å². The molecule has 0 aliphatic heterocycles. The molecule has 2 atom stereocenters. The smallest absolute Gasteiger partial charge is 0.141 e. The van der Waals surface area contributed by atoms with Crippen molar-refractivity contribution in [1.29, 1.82) is 0 Å². The van der Waals surface area contributed by atoms with E-state index in [0.29, 0.717) is 17.7 Å². The molecule has 0 saturated heterocycles. The van der Waals surface area contributed by atoms with Crippen LogP contribution in [0.15, 0.2) is 30.3 Å². The third kappa shape index (κ3) is 3.80. The van der Waals surface area contributed by atoms with E-state index in [1.165, 1.54) is 6.92 Å². The van der Waals surface area contributed by atoms with Crippen LogP contribution < -0.4 is 0 Å². The van der Waals surface area contributed by atoms with Gasteiger partial charge in [-0.25, -0.2) is 0 Å². The lowest BCUT2D eigenvalue weighted by molar-refractivity contribution is -0.128. The van der Waals surface area contributed by atoms with Gasteiger partial charge in [-0.1, -0.05) is 56.4 Å². The second-order valence-electron chi connectivity index (χ2n) is 4.65. The average Bonchev–Trinajstić information content (AvgIpc) is 2.43. The molecular weight excluding hydrogens is 256 g/mol. The molecule has 0 aromatic heterocycles. The number of carbonyl (C=O) groups excluding carboxylic acids is 2. The molecule has 3 heteroatoms. The Morgan fingerprint density at radius 3 is 2.16 bits per heavy atom. The number of benzene rings is 1. The third-order valence-corrected chi connectivity index (χ3v) is 3.89. The van der Waals surface area contributed by atoms with E-state index >= 15 is 0 Å². The van der Waals surface area contributed by atoms with E-state index in [9.17, 15) is 9.59 Å². The molecule has 2 unspecified atom stereocenters. The fraction of sp³-hybridized carbons (Fsp3) is 0.438. The maximum Gasteiger partial charge on any atom is 0.141 e. The van der Waals surface area contributed by atoms with Gasteiger partial charge in [-0.3, -0.25) is 9.59 Å². The Balaban J connectivity index is 3.14. The molecule has 102 valence electrons. The zero-order valence-corrected chi connectivity index (χ0v) is 12.5. The van der Waals surface area contributed by atoms with Gasteiger partial charge < -0.3 is 0 Å². The van der Waals surface area contributed by atoms with Crippen LogP contribution in [-0.2, 0) is 9.59 Å². The van der Waals surface area contributed by atoms with Gasteiger partial charge in [-0.2, -0.15) is 0 Å². The Morgan fingerprint density at radius 1 is 1.16 bits per heavy atom. The van der Waals surface area contributed by atoms with Crippen LogP contribution in [0, 0.1) is 11.8 Å². The summed E-state index contributed by atoms with van der Waals surface area (Å²) in [6.07, 6.45) is 1.04. The fourth-order valence-corrected chi connectivity index (χ4v) is 2.74. The lowest BCUT2D eigenvalue weighted by Gasteiger charge is -2.23. The molecule has 1 aromatic rings. The summed E-state index contributed by atoms with van der Waals surface area (Å²) in [4.78, 5) is 24.5. The summed E-state index contributed by atoms with van der Waals surface area (Å²) < 4.78 is 0. The van der Waals surface area contributed by atoms with Crippen molar-refractivity contribution in [3.63, 3.8) is 0 Å². The van der Waals surface area contributed by atoms with Gasteiger partial charge >= 0.3 is 0 Å². The van der Waals surface area contributed by atoms with Crippen molar-refractivity contribution in [1.82, 2.24) is 0 Å². The highest BCUT2D eigenvalue weighted by Crippen LogP contribution is 2.25. The van der Waals surface area contributed by atoms with Crippen LogP contribution in [0.2, 0.25) is 0 Å². The lowest BCUT2D eigenvalue weighted by Crippen LogP contribution is -2.34. The number of thiocarbonyl (C=S) groups is 1. The monoisotopic (exact) mass is 276 g/mol. The number of Topliss-reactive ketones (excluding diaryl/α,β-unsaturated/α-hetero) is 2. The predicted molar refractivity (Wildman–Crippen MR) is 81.4 cm³/mol. The van der Waals surface area contributed by atoms with Gasteiger partial charge in [0.05, 0.1) is 5.92 Å². The molecule has 0 saturated carbocycles. The van der Waals surface area contributed by atoms with Crippen molar-refractivity contribution < 1.29 is 9.59 Å². The molecular formula is C16H20O2S. The van der Waals surface area contributed by atoms with Crippen molar-refractivity contribution in [2.24, 2.45) is 11.8 Å². The van der Waals surface area contributed by atoms with Crippen LogP contribution in [0.3, 0.4) is 0 Å². The zero-order valence-electron chi connectivity index (χ0n) is 11.7. The number of hydrogen-bond acceptors (Lipinski definition) is 3. The van der Waals surface area contributed by atoms with Gasteiger partial charge in [0.2, 0.25) is 0 Å². The summed E-state index contributed by atoms with van der Waals surface area (Å²) in [5.74, 6) is -0.687. The molecule has 0 bridgehead atoms. The van der Waals surface area contributed by atoms with Crippen molar-refractivity contribution in [3.05, 3.63) is 35.9 Å². The quantitative estimate of drug-likeness (QED) is 0.563. The second-order valence-corrected chi connectivity index (χ2v) is 5.09. The molecule has 0 heterocycles. The highest BCUT2D eigenvalue weighted by atomic mass is 32.1. The minimum absolute atomic E-state index is 0.0348. The van der Waals surface area contributed by atoms with E-state index in [-0.39, 0.29) is 17.5 Å². The lowest BCUT2D eigenvalue weighted by atomic mass is 9.79. The van der Waals surface area contributed by atoms with E-state index in [4.69, 9.17) is 12.2 Å². The number of carbonyl (C=O) groups is 2. The maximum absolute atomic E-state index is 12.2. The Kier molecular flexibility index (Phi) is 6.03. The minimum atomic E-state index is -0.468. The first-order chi connectivity index (χ1) is 9.02. The van der Waals surface area contributed by atoms with E-state index < -0.39 is 5.92 Å². The molecule has 0 aliphatic carbocycles. The van der Waals surface area contributed by atoms with Gasteiger partial charge in [0, 0.05) is 17.2 Å². The summed E-state index contributed by atoms with van der Waals surface area (Å²) in [6.45, 7) is 5.28. The first kappa shape index (κ1) is 15.7. The zero-order chi connectivity index (χ0) is 14.4. The number of rotatable bonds is 7. The Labute approximate surface area is 120 Å². The van der Waals surface area contributed by atoms with E-state index in [2.05, 4.69) is 0 Å². The number of ketones is 2. The molecule has 0 aliphatic rings. The minimum Gasteiger partial charge on any atom is -0.300 e. The van der Waals surface area contributed by atoms with Crippen LogP contribution >= 0.6 is 12.2 Å². The van der Waals surface area contributed by atoms with Gasteiger partial charge in [-0.05, 0) is 18.9 Å². The second kappa shape index (κ2) is 7.29. The molecule has 0 radical (unpaired) electrons. The maximum atomic E-state index is 12.2. The van der Waals surface area contributed by atoms with Gasteiger partial charge in [-0.15, -0.1) is 0 Å². The van der Waals surface area contributed by atoms with Gasteiger partial charge in [0.15, 0.2) is 0 Å². The molecule has 0 amide bonds. The van der Waals surface area contributed by atoms with E-state index in [0.717, 1.165) is 5.56 Å².